The molecule has 3 nitrogen and oxygen atoms in total. The molecule has 0 radical (unpaired) electrons. The molecule has 1 aromatic carbocycles. The molecule has 0 unspecified atom stereocenters. The van der Waals surface area contributed by atoms with E-state index in [0.29, 0.717) is 11.8 Å². The number of hydrogen-bond donors (Lipinski definition) is 0. The molecule has 2 aromatic rings. The fourth-order valence-corrected chi connectivity index (χ4v) is 2.02. The average Bonchev–Trinajstić information content (AvgIpc) is 2.65. The summed E-state index contributed by atoms with van der Waals surface area (Å²) >= 11 is 5.68. The van der Waals surface area contributed by atoms with Crippen LogP contribution in [0.25, 0.3) is 11.1 Å². The van der Waals surface area contributed by atoms with E-state index in [-0.39, 0.29) is 0 Å². The lowest BCUT2D eigenvalue weighted by molar-refractivity contribution is 0.328. The first-order valence-electron chi connectivity index (χ1n) is 5.79. The standard InChI is InChI=1S/C13H17ClN2O/c1-10-15-12-5-4-11(8-13(12)17-10)9-16(2)7-3-6-14/h4-5,8H,3,6-7,9H2,1-2H3. The monoisotopic (exact) mass is 252 g/mol. The third-order valence-corrected chi connectivity index (χ3v) is 2.95. The lowest BCUT2D eigenvalue weighted by Gasteiger charge is -2.15. The van der Waals surface area contributed by atoms with Gasteiger partial charge in [0.2, 0.25) is 0 Å². The lowest BCUT2D eigenvalue weighted by Crippen LogP contribution is -2.19. The Morgan fingerprint density at radius 3 is 3.00 bits per heavy atom. The highest BCUT2D eigenvalue weighted by Crippen LogP contribution is 2.17. The summed E-state index contributed by atoms with van der Waals surface area (Å²) in [5, 5.41) is 0. The minimum Gasteiger partial charge on any atom is -0.441 e. The van der Waals surface area contributed by atoms with Gasteiger partial charge in [0.25, 0.3) is 0 Å². The van der Waals surface area contributed by atoms with Crippen molar-refractivity contribution >= 4 is 22.7 Å². The third-order valence-electron chi connectivity index (χ3n) is 2.69. The summed E-state index contributed by atoms with van der Waals surface area (Å²) in [6.45, 7) is 3.79. The molecule has 0 amide bonds. The molecule has 92 valence electrons. The van der Waals surface area contributed by atoms with Gasteiger partial charge in [0.05, 0.1) is 0 Å². The molecular weight excluding hydrogens is 236 g/mol. The molecular formula is C13H17ClN2O. The highest BCUT2D eigenvalue weighted by Gasteiger charge is 2.05. The number of aryl methyl sites for hydroxylation is 1. The Kier molecular flexibility index (Phi) is 4.02. The predicted molar refractivity (Wildman–Crippen MR) is 70.4 cm³/mol. The second kappa shape index (κ2) is 5.52. The summed E-state index contributed by atoms with van der Waals surface area (Å²) in [6.07, 6.45) is 1.02. The largest absolute Gasteiger partial charge is 0.441 e. The zero-order chi connectivity index (χ0) is 12.3. The molecule has 0 aliphatic rings. The molecule has 0 saturated heterocycles. The van der Waals surface area contributed by atoms with Gasteiger partial charge in [-0.25, -0.2) is 4.98 Å². The van der Waals surface area contributed by atoms with Gasteiger partial charge in [-0.1, -0.05) is 6.07 Å². The Balaban J connectivity index is 2.08. The molecule has 0 saturated carbocycles. The first kappa shape index (κ1) is 12.4. The van der Waals surface area contributed by atoms with Gasteiger partial charge in [-0.05, 0) is 37.7 Å². The van der Waals surface area contributed by atoms with Gasteiger partial charge < -0.3 is 9.32 Å². The smallest absolute Gasteiger partial charge is 0.192 e. The molecule has 4 heteroatoms. The summed E-state index contributed by atoms with van der Waals surface area (Å²) in [5.74, 6) is 1.43. The van der Waals surface area contributed by atoms with Gasteiger partial charge in [-0.15, -0.1) is 11.6 Å². The molecule has 1 heterocycles. The van der Waals surface area contributed by atoms with E-state index in [0.717, 1.165) is 30.6 Å². The first-order valence-corrected chi connectivity index (χ1v) is 6.33. The second-order valence-electron chi connectivity index (χ2n) is 4.32. The van der Waals surface area contributed by atoms with E-state index >= 15 is 0 Å². The van der Waals surface area contributed by atoms with Crippen LogP contribution in [0.2, 0.25) is 0 Å². The lowest BCUT2D eigenvalue weighted by atomic mass is 10.2. The normalized spacial score (nSPS) is 11.5. The van der Waals surface area contributed by atoms with Crippen molar-refractivity contribution in [3.63, 3.8) is 0 Å². The summed E-state index contributed by atoms with van der Waals surface area (Å²) in [7, 11) is 2.10. The minimum absolute atomic E-state index is 0.713. The first-order chi connectivity index (χ1) is 8.19. The van der Waals surface area contributed by atoms with E-state index in [1.165, 1.54) is 5.56 Å². The van der Waals surface area contributed by atoms with Crippen LogP contribution < -0.4 is 0 Å². The molecule has 0 aliphatic heterocycles. The van der Waals surface area contributed by atoms with Crippen molar-refractivity contribution in [2.45, 2.75) is 19.9 Å². The van der Waals surface area contributed by atoms with E-state index in [1.807, 2.05) is 13.0 Å². The number of aromatic nitrogens is 1. The fraction of sp³-hybridized carbons (Fsp3) is 0.462. The molecule has 0 N–H and O–H groups in total. The average molecular weight is 253 g/mol. The topological polar surface area (TPSA) is 29.3 Å². The third kappa shape index (κ3) is 3.20. The maximum atomic E-state index is 5.68. The number of halogens is 1. The Bertz CT molecular complexity index is 495. The Morgan fingerprint density at radius 1 is 1.41 bits per heavy atom. The van der Waals surface area contributed by atoms with Crippen LogP contribution in [0, 0.1) is 6.92 Å². The second-order valence-corrected chi connectivity index (χ2v) is 4.69. The van der Waals surface area contributed by atoms with Gasteiger partial charge in [0.1, 0.15) is 5.52 Å². The van der Waals surface area contributed by atoms with Crippen molar-refractivity contribution in [3.05, 3.63) is 29.7 Å². The van der Waals surface area contributed by atoms with Crippen LogP contribution in [0.15, 0.2) is 22.6 Å². The Hall–Kier alpha value is -1.06. The van der Waals surface area contributed by atoms with Crippen molar-refractivity contribution in [1.29, 1.82) is 0 Å². The summed E-state index contributed by atoms with van der Waals surface area (Å²) < 4.78 is 5.52. The number of hydrogen-bond acceptors (Lipinski definition) is 3. The molecule has 17 heavy (non-hydrogen) atoms. The van der Waals surface area contributed by atoms with Gasteiger partial charge in [-0.3, -0.25) is 0 Å². The maximum absolute atomic E-state index is 5.68. The van der Waals surface area contributed by atoms with Crippen LogP contribution in [-0.2, 0) is 6.54 Å². The number of benzene rings is 1. The molecule has 0 atom stereocenters. The van der Waals surface area contributed by atoms with E-state index in [1.54, 1.807) is 0 Å². The molecule has 0 aliphatic carbocycles. The zero-order valence-corrected chi connectivity index (χ0v) is 11.0. The van der Waals surface area contributed by atoms with Crippen LogP contribution in [0.4, 0.5) is 0 Å². The highest BCUT2D eigenvalue weighted by molar-refractivity contribution is 6.17. The van der Waals surface area contributed by atoms with Crippen LogP contribution in [0.5, 0.6) is 0 Å². The van der Waals surface area contributed by atoms with E-state index < -0.39 is 0 Å². The van der Waals surface area contributed by atoms with Crippen molar-refractivity contribution in [2.75, 3.05) is 19.5 Å². The summed E-state index contributed by atoms with van der Waals surface area (Å²) in [4.78, 5) is 6.54. The van der Waals surface area contributed by atoms with E-state index in [4.69, 9.17) is 16.0 Å². The van der Waals surface area contributed by atoms with Crippen LogP contribution >= 0.6 is 11.6 Å². The van der Waals surface area contributed by atoms with Crippen molar-refractivity contribution in [3.8, 4) is 0 Å². The van der Waals surface area contributed by atoms with Gasteiger partial charge in [0, 0.05) is 19.3 Å². The quantitative estimate of drug-likeness (QED) is 0.766. The predicted octanol–water partition coefficient (Wildman–Crippen LogP) is 3.20. The number of fused-ring (bicyclic) bond motifs is 1. The Morgan fingerprint density at radius 2 is 2.24 bits per heavy atom. The highest BCUT2D eigenvalue weighted by atomic mass is 35.5. The maximum Gasteiger partial charge on any atom is 0.192 e. The van der Waals surface area contributed by atoms with Crippen molar-refractivity contribution in [1.82, 2.24) is 9.88 Å². The van der Waals surface area contributed by atoms with E-state index in [9.17, 15) is 0 Å². The number of rotatable bonds is 5. The molecule has 0 fully saturated rings. The fourth-order valence-electron chi connectivity index (χ4n) is 1.90. The van der Waals surface area contributed by atoms with Gasteiger partial charge >= 0.3 is 0 Å². The molecule has 0 spiro atoms. The summed E-state index contributed by atoms with van der Waals surface area (Å²) in [5.41, 5.74) is 3.03. The van der Waals surface area contributed by atoms with Gasteiger partial charge in [0.15, 0.2) is 11.5 Å². The number of nitrogens with zero attached hydrogens (tertiary/aromatic N) is 2. The van der Waals surface area contributed by atoms with Crippen LogP contribution in [0.3, 0.4) is 0 Å². The number of alkyl halides is 1. The number of oxazole rings is 1. The van der Waals surface area contributed by atoms with Crippen LogP contribution in [-0.4, -0.2) is 29.4 Å². The van der Waals surface area contributed by atoms with Crippen molar-refractivity contribution in [2.24, 2.45) is 0 Å². The minimum atomic E-state index is 0.713. The molecule has 0 bridgehead atoms. The SMILES string of the molecule is Cc1nc2ccc(CN(C)CCCCl)cc2o1. The zero-order valence-electron chi connectivity index (χ0n) is 10.2. The summed E-state index contributed by atoms with van der Waals surface area (Å²) in [6, 6.07) is 6.17. The molecule has 2 rings (SSSR count). The van der Waals surface area contributed by atoms with E-state index in [2.05, 4.69) is 29.1 Å². The van der Waals surface area contributed by atoms with Crippen molar-refractivity contribution < 1.29 is 4.42 Å². The van der Waals surface area contributed by atoms with Crippen LogP contribution in [0.1, 0.15) is 17.9 Å². The van der Waals surface area contributed by atoms with Gasteiger partial charge in [-0.2, -0.15) is 0 Å². The molecule has 1 aromatic heterocycles. The Labute approximate surface area is 106 Å².